The second-order valence-electron chi connectivity index (χ2n) is 2.92. The third-order valence-electron chi connectivity index (χ3n) is 1.45. The monoisotopic (exact) mass is 258 g/mol. The van der Waals surface area contributed by atoms with Crippen LogP contribution in [0.2, 0.25) is 0 Å². The molecule has 5 nitrogen and oxygen atoms in total. The first-order chi connectivity index (χ1) is 6.50. The van der Waals surface area contributed by atoms with Gasteiger partial charge in [0.05, 0.1) is 5.56 Å². The maximum Gasteiger partial charge on any atom is 0.269 e. The first kappa shape index (κ1) is 10.9. The van der Waals surface area contributed by atoms with Crippen LogP contribution in [-0.2, 0) is 0 Å². The molecular formula is C8H11BrN4O. The van der Waals surface area contributed by atoms with Gasteiger partial charge < -0.3 is 5.73 Å². The van der Waals surface area contributed by atoms with Crippen LogP contribution in [0.1, 0.15) is 10.4 Å². The van der Waals surface area contributed by atoms with Crippen molar-refractivity contribution < 1.29 is 4.79 Å². The van der Waals surface area contributed by atoms with Gasteiger partial charge in [0, 0.05) is 24.8 Å². The Kier molecular flexibility index (Phi) is 3.43. The summed E-state index contributed by atoms with van der Waals surface area (Å²) in [5, 5.41) is 1.54. The summed E-state index contributed by atoms with van der Waals surface area (Å²) >= 11 is 3.22. The number of hydrogen-bond acceptors (Lipinski definition) is 4. The van der Waals surface area contributed by atoms with Crippen LogP contribution < -0.4 is 11.2 Å². The maximum atomic E-state index is 11.5. The first-order valence-electron chi connectivity index (χ1n) is 3.90. The number of nitrogens with one attached hydrogen (secondary N) is 1. The quantitative estimate of drug-likeness (QED) is 0.764. The minimum Gasteiger partial charge on any atom is -0.383 e. The van der Waals surface area contributed by atoms with Crippen molar-refractivity contribution in [2.75, 3.05) is 19.8 Å². The van der Waals surface area contributed by atoms with E-state index < -0.39 is 0 Å². The average Bonchev–Trinajstić information content (AvgIpc) is 2.08. The largest absolute Gasteiger partial charge is 0.383 e. The maximum absolute atomic E-state index is 11.5. The van der Waals surface area contributed by atoms with Crippen molar-refractivity contribution in [2.24, 2.45) is 0 Å². The third-order valence-corrected chi connectivity index (χ3v) is 1.89. The molecule has 0 radical (unpaired) electrons. The van der Waals surface area contributed by atoms with E-state index >= 15 is 0 Å². The van der Waals surface area contributed by atoms with Crippen LogP contribution >= 0.6 is 15.9 Å². The van der Waals surface area contributed by atoms with E-state index in [2.05, 4.69) is 26.3 Å². The molecule has 1 heterocycles. The van der Waals surface area contributed by atoms with Crippen molar-refractivity contribution in [3.8, 4) is 0 Å². The predicted octanol–water partition coefficient (Wildman–Crippen LogP) is 0.633. The van der Waals surface area contributed by atoms with Crippen LogP contribution in [0.5, 0.6) is 0 Å². The van der Waals surface area contributed by atoms with Gasteiger partial charge in [-0.2, -0.15) is 0 Å². The Bertz CT molecular complexity index is 353. The van der Waals surface area contributed by atoms with Gasteiger partial charge in [0.25, 0.3) is 5.91 Å². The lowest BCUT2D eigenvalue weighted by Crippen LogP contribution is -2.36. The van der Waals surface area contributed by atoms with Gasteiger partial charge in [-0.15, -0.1) is 0 Å². The average molecular weight is 259 g/mol. The summed E-state index contributed by atoms with van der Waals surface area (Å²) in [7, 11) is 3.44. The van der Waals surface area contributed by atoms with Crippen LogP contribution in [0.15, 0.2) is 16.7 Å². The fourth-order valence-electron chi connectivity index (χ4n) is 0.895. The van der Waals surface area contributed by atoms with E-state index in [4.69, 9.17) is 5.73 Å². The highest BCUT2D eigenvalue weighted by atomic mass is 79.9. The number of halogens is 1. The van der Waals surface area contributed by atoms with Crippen LogP contribution in [-0.4, -0.2) is 30.0 Å². The molecule has 0 atom stereocenters. The molecule has 1 aromatic rings. The van der Waals surface area contributed by atoms with E-state index in [0.717, 1.165) is 4.47 Å². The van der Waals surface area contributed by atoms with Gasteiger partial charge in [-0.05, 0) is 22.0 Å². The number of nitrogen functional groups attached to an aromatic ring is 1. The predicted molar refractivity (Wildman–Crippen MR) is 57.5 cm³/mol. The molecule has 3 N–H and O–H groups in total. The van der Waals surface area contributed by atoms with Gasteiger partial charge in [-0.25, -0.2) is 9.99 Å². The van der Waals surface area contributed by atoms with E-state index in [0.29, 0.717) is 5.56 Å². The molecule has 6 heteroatoms. The lowest BCUT2D eigenvalue weighted by molar-refractivity contribution is 0.0857. The van der Waals surface area contributed by atoms with Gasteiger partial charge in [0.2, 0.25) is 0 Å². The number of pyridine rings is 1. The van der Waals surface area contributed by atoms with Gasteiger partial charge >= 0.3 is 0 Å². The van der Waals surface area contributed by atoms with Gasteiger partial charge in [-0.1, -0.05) is 0 Å². The Morgan fingerprint density at radius 2 is 2.29 bits per heavy atom. The molecule has 76 valence electrons. The van der Waals surface area contributed by atoms with Crippen molar-refractivity contribution in [3.63, 3.8) is 0 Å². The highest BCUT2D eigenvalue weighted by Gasteiger charge is 2.11. The Morgan fingerprint density at radius 1 is 1.64 bits per heavy atom. The third kappa shape index (κ3) is 2.68. The zero-order chi connectivity index (χ0) is 10.7. The van der Waals surface area contributed by atoms with Crippen LogP contribution in [0.3, 0.4) is 0 Å². The Morgan fingerprint density at radius 3 is 2.86 bits per heavy atom. The summed E-state index contributed by atoms with van der Waals surface area (Å²) in [4.78, 5) is 15.4. The van der Waals surface area contributed by atoms with E-state index in [-0.39, 0.29) is 11.7 Å². The topological polar surface area (TPSA) is 71.2 Å². The van der Waals surface area contributed by atoms with Crippen molar-refractivity contribution in [2.45, 2.75) is 0 Å². The Hall–Kier alpha value is -1.14. The lowest BCUT2D eigenvalue weighted by Gasteiger charge is -2.12. The zero-order valence-electron chi connectivity index (χ0n) is 7.91. The number of nitrogens with zero attached hydrogens (tertiary/aromatic N) is 2. The highest BCUT2D eigenvalue weighted by Crippen LogP contribution is 2.15. The summed E-state index contributed by atoms with van der Waals surface area (Å²) in [5.74, 6) is -0.0612. The van der Waals surface area contributed by atoms with Crippen LogP contribution in [0, 0.1) is 0 Å². The summed E-state index contributed by atoms with van der Waals surface area (Å²) in [6.45, 7) is 0. The summed E-state index contributed by atoms with van der Waals surface area (Å²) in [5.41, 5.74) is 8.49. The normalized spacial score (nSPS) is 10.3. The smallest absolute Gasteiger partial charge is 0.269 e. The van der Waals surface area contributed by atoms with Gasteiger partial charge in [0.1, 0.15) is 5.82 Å². The van der Waals surface area contributed by atoms with Crippen LogP contribution in [0.4, 0.5) is 5.82 Å². The van der Waals surface area contributed by atoms with Crippen LogP contribution in [0.25, 0.3) is 0 Å². The number of hydrogen-bond donors (Lipinski definition) is 2. The molecule has 1 aromatic heterocycles. The molecule has 0 aromatic carbocycles. The van der Waals surface area contributed by atoms with Crippen molar-refractivity contribution >= 4 is 27.7 Å². The number of nitrogens with two attached hydrogens (primary N) is 1. The number of aromatic nitrogens is 1. The molecule has 0 aliphatic rings. The molecule has 0 bridgehead atoms. The number of carbonyl (C=O) groups excluding carboxylic acids is 1. The van der Waals surface area contributed by atoms with E-state index in [1.54, 1.807) is 31.4 Å². The number of carbonyl (C=O) groups is 1. The molecular weight excluding hydrogens is 248 g/mol. The molecule has 0 saturated carbocycles. The summed E-state index contributed by atoms with van der Waals surface area (Å²) in [6.07, 6.45) is 1.54. The number of amides is 1. The van der Waals surface area contributed by atoms with Gasteiger partial charge in [-0.3, -0.25) is 10.2 Å². The fraction of sp³-hybridized carbons (Fsp3) is 0.250. The molecule has 1 rings (SSSR count). The summed E-state index contributed by atoms with van der Waals surface area (Å²) < 4.78 is 0.718. The second-order valence-corrected chi connectivity index (χ2v) is 3.84. The van der Waals surface area contributed by atoms with Crippen molar-refractivity contribution in [1.82, 2.24) is 15.4 Å². The Labute approximate surface area is 90.4 Å². The molecule has 0 aliphatic carbocycles. The van der Waals surface area contributed by atoms with Crippen molar-refractivity contribution in [3.05, 3.63) is 22.3 Å². The number of anilines is 1. The second kappa shape index (κ2) is 4.39. The minimum atomic E-state index is -0.277. The van der Waals surface area contributed by atoms with Crippen molar-refractivity contribution in [1.29, 1.82) is 0 Å². The molecule has 0 saturated heterocycles. The molecule has 1 amide bonds. The lowest BCUT2D eigenvalue weighted by atomic mass is 10.2. The minimum absolute atomic E-state index is 0.215. The standard InChI is InChI=1S/C8H11BrN4O/c1-13(2)12-8(14)6-3-5(9)4-11-7(6)10/h3-4H,1-2H3,(H2,10,11)(H,12,14). The SMILES string of the molecule is CN(C)NC(=O)c1cc(Br)cnc1N. The van der Waals surface area contributed by atoms with Gasteiger partial charge in [0.15, 0.2) is 0 Å². The zero-order valence-corrected chi connectivity index (χ0v) is 9.50. The number of hydrazine groups is 1. The van der Waals surface area contributed by atoms with E-state index in [9.17, 15) is 4.79 Å². The molecule has 0 aliphatic heterocycles. The summed E-state index contributed by atoms with van der Waals surface area (Å²) in [6, 6.07) is 1.63. The molecule has 0 fully saturated rings. The van der Waals surface area contributed by atoms with E-state index in [1.807, 2.05) is 0 Å². The fourth-order valence-corrected chi connectivity index (χ4v) is 1.23. The molecule has 0 spiro atoms. The highest BCUT2D eigenvalue weighted by molar-refractivity contribution is 9.10. The van der Waals surface area contributed by atoms with E-state index in [1.165, 1.54) is 0 Å². The number of rotatable bonds is 2. The molecule has 0 unspecified atom stereocenters. The first-order valence-corrected chi connectivity index (χ1v) is 4.69. The Balaban J connectivity index is 2.94. The molecule has 14 heavy (non-hydrogen) atoms.